The van der Waals surface area contributed by atoms with Gasteiger partial charge in [-0.2, -0.15) is 4.98 Å². The lowest BCUT2D eigenvalue weighted by molar-refractivity contribution is 0.593. The molecule has 94 valence electrons. The van der Waals surface area contributed by atoms with E-state index in [0.717, 1.165) is 0 Å². The molecule has 0 spiro atoms. The molecule has 0 fully saturated rings. The Hall–Kier alpha value is -1.74. The minimum absolute atomic E-state index is 0.0488. The van der Waals surface area contributed by atoms with Crippen molar-refractivity contribution >= 4 is 37.0 Å². The summed E-state index contributed by atoms with van der Waals surface area (Å²) in [5.74, 6) is -0.0922. The molecule has 0 aliphatic carbocycles. The van der Waals surface area contributed by atoms with Crippen molar-refractivity contribution in [1.82, 2.24) is 19.8 Å². The minimum atomic E-state index is -3.51. The molecule has 0 saturated heterocycles. The SMILES string of the molecule is CCS(=O)(=O)c1n[nH]n2c1nc(=O)c1sccc12. The molecule has 3 aromatic rings. The van der Waals surface area contributed by atoms with Crippen LogP contribution in [0.1, 0.15) is 6.92 Å². The van der Waals surface area contributed by atoms with E-state index < -0.39 is 15.4 Å². The summed E-state index contributed by atoms with van der Waals surface area (Å²) in [6.45, 7) is 1.52. The molecule has 0 aromatic carbocycles. The zero-order valence-electron chi connectivity index (χ0n) is 9.24. The number of aromatic amines is 1. The van der Waals surface area contributed by atoms with Crippen LogP contribution in [0.5, 0.6) is 0 Å². The molecule has 3 rings (SSSR count). The summed E-state index contributed by atoms with van der Waals surface area (Å²) < 4.78 is 25.5. The number of nitrogens with zero attached hydrogens (tertiary/aromatic N) is 3. The molecule has 0 amide bonds. The van der Waals surface area contributed by atoms with Gasteiger partial charge in [0.1, 0.15) is 4.70 Å². The lowest BCUT2D eigenvalue weighted by Gasteiger charge is -1.96. The summed E-state index contributed by atoms with van der Waals surface area (Å²) in [7, 11) is -3.51. The summed E-state index contributed by atoms with van der Waals surface area (Å²) in [5.41, 5.74) is 0.196. The van der Waals surface area contributed by atoms with Crippen LogP contribution in [-0.2, 0) is 9.84 Å². The van der Waals surface area contributed by atoms with E-state index in [1.54, 1.807) is 11.4 Å². The van der Waals surface area contributed by atoms with Gasteiger partial charge in [-0.3, -0.25) is 4.79 Å². The summed E-state index contributed by atoms with van der Waals surface area (Å²) in [6, 6.07) is 1.72. The zero-order chi connectivity index (χ0) is 12.9. The highest BCUT2D eigenvalue weighted by molar-refractivity contribution is 7.91. The van der Waals surface area contributed by atoms with E-state index in [9.17, 15) is 13.2 Å². The van der Waals surface area contributed by atoms with Gasteiger partial charge in [-0.1, -0.05) is 6.92 Å². The smallest absolute Gasteiger partial charge is 0.266 e. The monoisotopic (exact) mass is 284 g/mol. The standard InChI is InChI=1S/C9H8N4O3S2/c1-2-18(15,16)9-7-10-8(14)6-5(3-4-17-6)13(7)12-11-9/h3-4,12H,2H2,1H3. The van der Waals surface area contributed by atoms with E-state index in [-0.39, 0.29) is 16.4 Å². The summed E-state index contributed by atoms with van der Waals surface area (Å²) >= 11 is 1.26. The van der Waals surface area contributed by atoms with E-state index in [2.05, 4.69) is 15.3 Å². The normalized spacial score (nSPS) is 12.5. The number of rotatable bonds is 2. The first-order valence-corrected chi connectivity index (χ1v) is 7.65. The van der Waals surface area contributed by atoms with Crippen LogP contribution in [0.15, 0.2) is 21.3 Å². The fraction of sp³-hybridized carbons (Fsp3) is 0.222. The van der Waals surface area contributed by atoms with Crippen LogP contribution in [0.2, 0.25) is 0 Å². The summed E-state index contributed by atoms with van der Waals surface area (Å²) in [5, 5.41) is 7.90. The van der Waals surface area contributed by atoms with Crippen molar-refractivity contribution in [3.63, 3.8) is 0 Å². The number of hydrogen-bond donors (Lipinski definition) is 1. The first-order valence-electron chi connectivity index (χ1n) is 5.11. The predicted molar refractivity (Wildman–Crippen MR) is 66.7 cm³/mol. The van der Waals surface area contributed by atoms with E-state index in [1.165, 1.54) is 22.8 Å². The maximum absolute atomic E-state index is 11.8. The van der Waals surface area contributed by atoms with Crippen molar-refractivity contribution in [3.05, 3.63) is 21.8 Å². The molecule has 1 N–H and O–H groups in total. The quantitative estimate of drug-likeness (QED) is 0.735. The molecule has 9 heteroatoms. The first kappa shape index (κ1) is 11.4. The second kappa shape index (κ2) is 3.62. The number of sulfone groups is 1. The third-order valence-electron chi connectivity index (χ3n) is 2.62. The van der Waals surface area contributed by atoms with Crippen molar-refractivity contribution in [2.24, 2.45) is 0 Å². The average Bonchev–Trinajstić information content (AvgIpc) is 2.93. The molecule has 3 heterocycles. The highest BCUT2D eigenvalue weighted by atomic mass is 32.2. The van der Waals surface area contributed by atoms with E-state index in [0.29, 0.717) is 10.2 Å². The van der Waals surface area contributed by atoms with Gasteiger partial charge in [-0.05, 0) is 11.4 Å². The van der Waals surface area contributed by atoms with Crippen molar-refractivity contribution in [2.75, 3.05) is 5.75 Å². The van der Waals surface area contributed by atoms with Gasteiger partial charge in [-0.25, -0.2) is 18.1 Å². The minimum Gasteiger partial charge on any atom is -0.266 e. The highest BCUT2D eigenvalue weighted by Gasteiger charge is 2.22. The Labute approximate surface area is 105 Å². The molecule has 3 aromatic heterocycles. The molecule has 0 bridgehead atoms. The van der Waals surface area contributed by atoms with Crippen LogP contribution in [-0.4, -0.2) is 34.0 Å². The van der Waals surface area contributed by atoms with Gasteiger partial charge in [-0.15, -0.1) is 16.4 Å². The lowest BCUT2D eigenvalue weighted by Crippen LogP contribution is -2.11. The Morgan fingerprint density at radius 2 is 2.28 bits per heavy atom. The van der Waals surface area contributed by atoms with Gasteiger partial charge >= 0.3 is 0 Å². The van der Waals surface area contributed by atoms with Crippen molar-refractivity contribution in [1.29, 1.82) is 0 Å². The molecule has 0 atom stereocenters. The van der Waals surface area contributed by atoms with Crippen LogP contribution >= 0.6 is 11.3 Å². The van der Waals surface area contributed by atoms with Gasteiger partial charge in [0, 0.05) is 0 Å². The third kappa shape index (κ3) is 1.40. The fourth-order valence-corrected chi connectivity index (χ4v) is 3.31. The highest BCUT2D eigenvalue weighted by Crippen LogP contribution is 2.20. The summed E-state index contributed by atoms with van der Waals surface area (Å²) in [6.07, 6.45) is 0. The number of nitrogens with one attached hydrogen (secondary N) is 1. The Kier molecular flexibility index (Phi) is 2.29. The zero-order valence-corrected chi connectivity index (χ0v) is 10.9. The van der Waals surface area contributed by atoms with Gasteiger partial charge in [0.15, 0.2) is 5.65 Å². The molecule has 7 nitrogen and oxygen atoms in total. The number of fused-ring (bicyclic) bond motifs is 3. The van der Waals surface area contributed by atoms with E-state index in [4.69, 9.17) is 0 Å². The third-order valence-corrected chi connectivity index (χ3v) is 5.13. The Balaban J connectivity index is 2.53. The van der Waals surface area contributed by atoms with Crippen LogP contribution in [0.3, 0.4) is 0 Å². The van der Waals surface area contributed by atoms with Gasteiger partial charge in [0.2, 0.25) is 14.9 Å². The van der Waals surface area contributed by atoms with Crippen molar-refractivity contribution in [3.8, 4) is 0 Å². The van der Waals surface area contributed by atoms with E-state index >= 15 is 0 Å². The number of aromatic nitrogens is 4. The van der Waals surface area contributed by atoms with Gasteiger partial charge in [0.25, 0.3) is 5.56 Å². The Morgan fingerprint density at radius 3 is 3.00 bits per heavy atom. The second-order valence-corrected chi connectivity index (χ2v) is 6.74. The summed E-state index contributed by atoms with van der Waals surface area (Å²) in [4.78, 5) is 15.6. The van der Waals surface area contributed by atoms with Crippen LogP contribution < -0.4 is 5.56 Å². The Morgan fingerprint density at radius 1 is 1.50 bits per heavy atom. The fourth-order valence-electron chi connectivity index (χ4n) is 1.69. The first-order chi connectivity index (χ1) is 8.54. The topological polar surface area (TPSA) is 97.2 Å². The molecule has 0 radical (unpaired) electrons. The number of thiophene rings is 1. The predicted octanol–water partition coefficient (Wildman–Crippen LogP) is 0.426. The maximum Gasteiger partial charge on any atom is 0.291 e. The van der Waals surface area contributed by atoms with Crippen LogP contribution in [0.4, 0.5) is 0 Å². The van der Waals surface area contributed by atoms with Crippen LogP contribution in [0.25, 0.3) is 15.9 Å². The second-order valence-electron chi connectivity index (χ2n) is 3.63. The average molecular weight is 284 g/mol. The molecule has 0 saturated carbocycles. The molecule has 0 aliphatic rings. The maximum atomic E-state index is 11.8. The lowest BCUT2D eigenvalue weighted by atomic mass is 10.5. The molecular formula is C9H8N4O3S2. The van der Waals surface area contributed by atoms with E-state index in [1.807, 2.05) is 0 Å². The molecule has 0 aliphatic heterocycles. The molecule has 18 heavy (non-hydrogen) atoms. The van der Waals surface area contributed by atoms with Gasteiger partial charge < -0.3 is 0 Å². The molecule has 0 unspecified atom stereocenters. The van der Waals surface area contributed by atoms with Gasteiger partial charge in [0.05, 0.1) is 11.3 Å². The van der Waals surface area contributed by atoms with Crippen molar-refractivity contribution in [2.45, 2.75) is 11.9 Å². The van der Waals surface area contributed by atoms with Crippen LogP contribution in [0, 0.1) is 0 Å². The number of hydrogen-bond acceptors (Lipinski definition) is 6. The number of H-pyrrole nitrogens is 1. The molecular weight excluding hydrogens is 276 g/mol. The largest absolute Gasteiger partial charge is 0.291 e. The Bertz CT molecular complexity index is 903. The van der Waals surface area contributed by atoms with Crippen molar-refractivity contribution < 1.29 is 8.42 Å².